The van der Waals surface area contributed by atoms with Crippen LogP contribution in [0.1, 0.15) is 24.8 Å². The van der Waals surface area contributed by atoms with Crippen molar-refractivity contribution in [1.29, 1.82) is 0 Å². The molecule has 0 N–H and O–H groups in total. The Morgan fingerprint density at radius 2 is 1.64 bits per heavy atom. The molecule has 0 radical (unpaired) electrons. The summed E-state index contributed by atoms with van der Waals surface area (Å²) in [5, 5.41) is 0. The van der Waals surface area contributed by atoms with E-state index in [9.17, 15) is 4.79 Å². The highest BCUT2D eigenvalue weighted by Gasteiger charge is 2.31. The number of aryl methyl sites for hydroxylation is 1. The van der Waals surface area contributed by atoms with Gasteiger partial charge in [-0.05, 0) is 62.2 Å². The Hall–Kier alpha value is -3.51. The number of nitrogens with zero attached hydrogens (tertiary/aromatic N) is 2. The van der Waals surface area contributed by atoms with Gasteiger partial charge in [-0.1, -0.05) is 48.5 Å². The SMILES string of the molecule is COc1ccccc1OCCN(C)CC1CCc2ccccc2N1C(=O)CCCOc1ccccc1. The molecule has 0 aliphatic carbocycles. The van der Waals surface area contributed by atoms with E-state index in [4.69, 9.17) is 14.2 Å². The van der Waals surface area contributed by atoms with E-state index in [1.54, 1.807) is 7.11 Å². The van der Waals surface area contributed by atoms with E-state index in [2.05, 4.69) is 30.1 Å². The molecule has 3 aromatic carbocycles. The van der Waals surface area contributed by atoms with Gasteiger partial charge in [0.2, 0.25) is 5.91 Å². The number of methoxy groups -OCH3 is 1. The third-order valence-electron chi connectivity index (χ3n) is 6.50. The van der Waals surface area contributed by atoms with Crippen LogP contribution in [0.25, 0.3) is 0 Å². The number of likely N-dealkylation sites (N-methyl/N-ethyl adjacent to an activating group) is 1. The molecule has 6 nitrogen and oxygen atoms in total. The van der Waals surface area contributed by atoms with Crippen molar-refractivity contribution in [2.45, 2.75) is 31.7 Å². The zero-order chi connectivity index (χ0) is 25.2. The first-order valence-corrected chi connectivity index (χ1v) is 12.7. The second-order valence-electron chi connectivity index (χ2n) is 9.11. The third-order valence-corrected chi connectivity index (χ3v) is 6.50. The number of para-hydroxylation sites is 4. The molecule has 0 saturated heterocycles. The summed E-state index contributed by atoms with van der Waals surface area (Å²) in [7, 11) is 3.73. The summed E-state index contributed by atoms with van der Waals surface area (Å²) in [5.74, 6) is 2.47. The Bertz CT molecular complexity index is 1100. The van der Waals surface area contributed by atoms with Crippen molar-refractivity contribution in [2.75, 3.05) is 45.4 Å². The van der Waals surface area contributed by atoms with Gasteiger partial charge in [0.1, 0.15) is 12.4 Å². The molecule has 0 aromatic heterocycles. The minimum atomic E-state index is 0.124. The molecule has 0 spiro atoms. The van der Waals surface area contributed by atoms with Crippen molar-refractivity contribution in [1.82, 2.24) is 4.90 Å². The number of rotatable bonds is 12. The molecular formula is C30H36N2O4. The van der Waals surface area contributed by atoms with Gasteiger partial charge in [0.25, 0.3) is 0 Å². The van der Waals surface area contributed by atoms with Gasteiger partial charge in [0, 0.05) is 31.2 Å². The van der Waals surface area contributed by atoms with Gasteiger partial charge in [-0.15, -0.1) is 0 Å². The van der Waals surface area contributed by atoms with Crippen LogP contribution < -0.4 is 19.1 Å². The predicted octanol–water partition coefficient (Wildman–Crippen LogP) is 5.21. The van der Waals surface area contributed by atoms with Crippen LogP contribution in [0.2, 0.25) is 0 Å². The molecule has 1 unspecified atom stereocenters. The molecule has 0 saturated carbocycles. The third kappa shape index (κ3) is 6.79. The summed E-state index contributed by atoms with van der Waals surface area (Å²) in [6.07, 6.45) is 3.06. The van der Waals surface area contributed by atoms with Crippen LogP contribution in [0.4, 0.5) is 5.69 Å². The quantitative estimate of drug-likeness (QED) is 0.328. The zero-order valence-electron chi connectivity index (χ0n) is 21.3. The lowest BCUT2D eigenvalue weighted by atomic mass is 9.94. The smallest absolute Gasteiger partial charge is 0.227 e. The monoisotopic (exact) mass is 488 g/mol. The van der Waals surface area contributed by atoms with E-state index in [1.165, 1.54) is 5.56 Å². The van der Waals surface area contributed by atoms with E-state index < -0.39 is 0 Å². The number of hydrogen-bond donors (Lipinski definition) is 0. The van der Waals surface area contributed by atoms with Gasteiger partial charge in [0.15, 0.2) is 11.5 Å². The molecule has 1 atom stereocenters. The van der Waals surface area contributed by atoms with Crippen molar-refractivity contribution in [2.24, 2.45) is 0 Å². The summed E-state index contributed by atoms with van der Waals surface area (Å²) in [4.78, 5) is 17.7. The lowest BCUT2D eigenvalue weighted by Crippen LogP contribution is -2.49. The number of benzene rings is 3. The van der Waals surface area contributed by atoms with Crippen molar-refractivity contribution < 1.29 is 19.0 Å². The molecule has 190 valence electrons. The number of anilines is 1. The van der Waals surface area contributed by atoms with Gasteiger partial charge in [-0.2, -0.15) is 0 Å². The van der Waals surface area contributed by atoms with Crippen LogP contribution in [0.3, 0.4) is 0 Å². The number of carbonyl (C=O) groups is 1. The first-order valence-electron chi connectivity index (χ1n) is 12.7. The molecule has 36 heavy (non-hydrogen) atoms. The van der Waals surface area contributed by atoms with E-state index in [0.717, 1.165) is 48.9 Å². The van der Waals surface area contributed by atoms with Crippen molar-refractivity contribution in [3.05, 3.63) is 84.4 Å². The molecule has 1 aliphatic heterocycles. The molecule has 1 amide bonds. The number of amides is 1. The number of hydrogen-bond acceptors (Lipinski definition) is 5. The zero-order valence-corrected chi connectivity index (χ0v) is 21.3. The number of fused-ring (bicyclic) bond motifs is 1. The van der Waals surface area contributed by atoms with E-state index in [0.29, 0.717) is 26.1 Å². The van der Waals surface area contributed by atoms with E-state index in [1.807, 2.05) is 65.6 Å². The average molecular weight is 489 g/mol. The van der Waals surface area contributed by atoms with Crippen LogP contribution in [0.15, 0.2) is 78.9 Å². The van der Waals surface area contributed by atoms with E-state index in [-0.39, 0.29) is 11.9 Å². The van der Waals surface area contributed by atoms with E-state index >= 15 is 0 Å². The number of carbonyl (C=O) groups excluding carboxylic acids is 1. The van der Waals surface area contributed by atoms with Crippen LogP contribution >= 0.6 is 0 Å². The summed E-state index contributed by atoms with van der Waals surface area (Å²) in [6, 6.07) is 25.8. The fraction of sp³-hybridized carbons (Fsp3) is 0.367. The van der Waals surface area contributed by atoms with Gasteiger partial charge in [-0.25, -0.2) is 0 Å². The fourth-order valence-electron chi connectivity index (χ4n) is 4.67. The Balaban J connectivity index is 1.33. The van der Waals surface area contributed by atoms with Crippen molar-refractivity contribution in [3.8, 4) is 17.2 Å². The maximum atomic E-state index is 13.4. The maximum Gasteiger partial charge on any atom is 0.227 e. The predicted molar refractivity (Wildman–Crippen MR) is 143 cm³/mol. The molecule has 1 heterocycles. The Labute approximate surface area is 214 Å². The highest BCUT2D eigenvalue weighted by atomic mass is 16.5. The molecule has 0 bridgehead atoms. The van der Waals surface area contributed by atoms with Crippen molar-refractivity contribution >= 4 is 11.6 Å². The topological polar surface area (TPSA) is 51.2 Å². The summed E-state index contributed by atoms with van der Waals surface area (Å²) in [6.45, 7) is 2.61. The highest BCUT2D eigenvalue weighted by molar-refractivity contribution is 5.95. The lowest BCUT2D eigenvalue weighted by Gasteiger charge is -2.39. The maximum absolute atomic E-state index is 13.4. The van der Waals surface area contributed by atoms with Gasteiger partial charge in [0.05, 0.1) is 13.7 Å². The normalized spacial score (nSPS) is 14.9. The fourth-order valence-corrected chi connectivity index (χ4v) is 4.67. The molecule has 1 aliphatic rings. The summed E-state index contributed by atoms with van der Waals surface area (Å²) >= 11 is 0. The van der Waals surface area contributed by atoms with Crippen LogP contribution in [-0.2, 0) is 11.2 Å². The van der Waals surface area contributed by atoms with Crippen LogP contribution in [-0.4, -0.2) is 57.3 Å². The lowest BCUT2D eigenvalue weighted by molar-refractivity contribution is -0.119. The van der Waals surface area contributed by atoms with Gasteiger partial charge < -0.3 is 24.0 Å². The molecular weight excluding hydrogens is 452 g/mol. The van der Waals surface area contributed by atoms with Gasteiger partial charge >= 0.3 is 0 Å². The molecule has 3 aromatic rings. The highest BCUT2D eigenvalue weighted by Crippen LogP contribution is 2.32. The first kappa shape index (κ1) is 25.6. The summed E-state index contributed by atoms with van der Waals surface area (Å²) < 4.78 is 17.1. The second kappa shape index (κ2) is 13.0. The Kier molecular flexibility index (Phi) is 9.22. The van der Waals surface area contributed by atoms with Crippen LogP contribution in [0, 0.1) is 0 Å². The largest absolute Gasteiger partial charge is 0.494 e. The Morgan fingerprint density at radius 1 is 0.917 bits per heavy atom. The molecule has 6 heteroatoms. The second-order valence-corrected chi connectivity index (χ2v) is 9.11. The van der Waals surface area contributed by atoms with Gasteiger partial charge in [-0.3, -0.25) is 4.79 Å². The molecule has 0 fully saturated rings. The number of ether oxygens (including phenoxy) is 3. The standard InChI is InChI=1S/C30H36N2O4/c1-31(20-22-36-29-16-9-8-15-28(29)34-2)23-25-19-18-24-11-6-7-14-27(24)32(25)30(33)17-10-21-35-26-12-4-3-5-13-26/h3-9,11-16,25H,10,17-23H2,1-2H3. The Morgan fingerprint density at radius 3 is 2.44 bits per heavy atom. The van der Waals surface area contributed by atoms with Crippen LogP contribution in [0.5, 0.6) is 17.2 Å². The van der Waals surface area contributed by atoms with Crippen molar-refractivity contribution in [3.63, 3.8) is 0 Å². The summed E-state index contributed by atoms with van der Waals surface area (Å²) in [5.41, 5.74) is 2.28. The average Bonchev–Trinajstić information content (AvgIpc) is 2.91. The molecule has 4 rings (SSSR count). The minimum absolute atomic E-state index is 0.124. The minimum Gasteiger partial charge on any atom is -0.494 e. The first-order chi connectivity index (χ1) is 17.7.